The summed E-state index contributed by atoms with van der Waals surface area (Å²) in [6.45, 7) is 1.50. The largest absolute Gasteiger partial charge is 0.331 e. The molecule has 0 radical (unpaired) electrons. The zero-order valence-electron chi connectivity index (χ0n) is 13.2. The highest BCUT2D eigenvalue weighted by atomic mass is 35.5. The Balaban J connectivity index is 1.67. The van der Waals surface area contributed by atoms with E-state index >= 15 is 0 Å². The van der Waals surface area contributed by atoms with Crippen LogP contribution in [0.4, 0.5) is 16.5 Å². The Labute approximate surface area is 153 Å². The van der Waals surface area contributed by atoms with E-state index in [1.54, 1.807) is 41.8 Å². The maximum absolute atomic E-state index is 12.3. The van der Waals surface area contributed by atoms with Crippen LogP contribution in [-0.4, -0.2) is 16.7 Å². The van der Waals surface area contributed by atoms with Crippen LogP contribution in [0.2, 0.25) is 5.02 Å². The average molecular weight is 372 g/mol. The van der Waals surface area contributed by atoms with Crippen LogP contribution in [0.5, 0.6) is 0 Å². The minimum absolute atomic E-state index is 0.0193. The maximum atomic E-state index is 12.3. The Morgan fingerprint density at radius 2 is 1.84 bits per heavy atom. The van der Waals surface area contributed by atoms with Crippen molar-refractivity contribution in [1.82, 2.24) is 4.98 Å². The summed E-state index contributed by atoms with van der Waals surface area (Å²) in [6, 6.07) is 14.0. The molecule has 0 bridgehead atoms. The van der Waals surface area contributed by atoms with E-state index < -0.39 is 0 Å². The van der Waals surface area contributed by atoms with Gasteiger partial charge in [0.05, 0.1) is 0 Å². The number of nitrogens with one attached hydrogen (secondary N) is 2. The molecule has 1 heterocycles. The van der Waals surface area contributed by atoms with Gasteiger partial charge in [0, 0.05) is 27.3 Å². The summed E-state index contributed by atoms with van der Waals surface area (Å²) in [6.07, 6.45) is 0. The lowest BCUT2D eigenvalue weighted by Gasteiger charge is -2.04. The van der Waals surface area contributed by atoms with Gasteiger partial charge in [-0.05, 0) is 49.4 Å². The zero-order chi connectivity index (χ0) is 17.8. The molecule has 25 heavy (non-hydrogen) atoms. The van der Waals surface area contributed by atoms with Gasteiger partial charge in [0.15, 0.2) is 10.9 Å². The molecular weight excluding hydrogens is 358 g/mol. The van der Waals surface area contributed by atoms with Crippen molar-refractivity contribution in [2.75, 3.05) is 10.6 Å². The lowest BCUT2D eigenvalue weighted by Crippen LogP contribution is -2.12. The number of hydrogen-bond acceptors (Lipinski definition) is 5. The van der Waals surface area contributed by atoms with Crippen molar-refractivity contribution >= 4 is 51.1 Å². The third kappa shape index (κ3) is 4.43. The van der Waals surface area contributed by atoms with Crippen LogP contribution in [0.3, 0.4) is 0 Å². The van der Waals surface area contributed by atoms with Gasteiger partial charge >= 0.3 is 0 Å². The van der Waals surface area contributed by atoms with Crippen LogP contribution < -0.4 is 10.6 Å². The van der Waals surface area contributed by atoms with Crippen LogP contribution in [0.1, 0.15) is 27.8 Å². The summed E-state index contributed by atoms with van der Waals surface area (Å²) in [7, 11) is 0. The van der Waals surface area contributed by atoms with E-state index in [0.717, 1.165) is 5.69 Å². The zero-order valence-corrected chi connectivity index (χ0v) is 14.8. The van der Waals surface area contributed by atoms with Crippen LogP contribution in [0.25, 0.3) is 0 Å². The van der Waals surface area contributed by atoms with E-state index in [1.165, 1.54) is 18.3 Å². The highest BCUT2D eigenvalue weighted by Gasteiger charge is 2.11. The molecule has 0 saturated heterocycles. The van der Waals surface area contributed by atoms with Crippen molar-refractivity contribution in [3.05, 3.63) is 70.2 Å². The molecule has 0 spiro atoms. The van der Waals surface area contributed by atoms with Crippen molar-refractivity contribution in [2.24, 2.45) is 0 Å². The third-order valence-corrected chi connectivity index (χ3v) is 4.35. The molecule has 0 aliphatic rings. The topological polar surface area (TPSA) is 71.1 Å². The monoisotopic (exact) mass is 371 g/mol. The molecule has 1 amide bonds. The molecule has 0 atom stereocenters. The molecule has 0 aliphatic heterocycles. The first-order valence-electron chi connectivity index (χ1n) is 7.42. The van der Waals surface area contributed by atoms with E-state index in [1.807, 2.05) is 12.1 Å². The molecule has 3 rings (SSSR count). The third-order valence-electron chi connectivity index (χ3n) is 3.36. The number of halogens is 1. The number of hydrogen-bond donors (Lipinski definition) is 2. The Morgan fingerprint density at radius 3 is 2.52 bits per heavy atom. The first-order valence-corrected chi connectivity index (χ1v) is 8.67. The summed E-state index contributed by atoms with van der Waals surface area (Å²) in [5, 5.41) is 8.75. The first kappa shape index (κ1) is 17.1. The summed E-state index contributed by atoms with van der Waals surface area (Å²) < 4.78 is 0. The van der Waals surface area contributed by atoms with E-state index in [4.69, 9.17) is 11.6 Å². The first-order chi connectivity index (χ1) is 12.0. The highest BCUT2D eigenvalue weighted by Crippen LogP contribution is 2.23. The van der Waals surface area contributed by atoms with Gasteiger partial charge < -0.3 is 10.6 Å². The van der Waals surface area contributed by atoms with Gasteiger partial charge in [0.2, 0.25) is 0 Å². The van der Waals surface area contributed by atoms with Crippen molar-refractivity contribution in [3.8, 4) is 0 Å². The lowest BCUT2D eigenvalue weighted by molar-refractivity contribution is 0.101. The Kier molecular flexibility index (Phi) is 5.11. The number of Topliss-reactive ketones (excluding diaryl/α,β-unsaturated/α-hetero) is 1. The van der Waals surface area contributed by atoms with E-state index in [9.17, 15) is 9.59 Å². The quantitative estimate of drug-likeness (QED) is 0.619. The van der Waals surface area contributed by atoms with Crippen LogP contribution in [0, 0.1) is 0 Å². The van der Waals surface area contributed by atoms with Crippen molar-refractivity contribution < 1.29 is 9.59 Å². The van der Waals surface area contributed by atoms with E-state index in [-0.39, 0.29) is 11.7 Å². The minimum Gasteiger partial charge on any atom is -0.331 e. The second-order valence-electron chi connectivity index (χ2n) is 5.26. The molecule has 0 saturated carbocycles. The summed E-state index contributed by atoms with van der Waals surface area (Å²) in [5.74, 6) is -0.333. The number of carbonyl (C=O) groups excluding carboxylic acids is 2. The van der Waals surface area contributed by atoms with Crippen LogP contribution >= 0.6 is 22.9 Å². The van der Waals surface area contributed by atoms with Gasteiger partial charge in [0.25, 0.3) is 5.91 Å². The second kappa shape index (κ2) is 7.46. The van der Waals surface area contributed by atoms with Crippen LogP contribution in [-0.2, 0) is 0 Å². The molecule has 2 N–H and O–H groups in total. The number of thiazole rings is 1. The molecule has 2 aromatic carbocycles. The number of carbonyl (C=O) groups is 2. The normalized spacial score (nSPS) is 10.3. The van der Waals surface area contributed by atoms with E-state index in [2.05, 4.69) is 15.6 Å². The van der Waals surface area contributed by atoms with Gasteiger partial charge in [0.1, 0.15) is 5.69 Å². The van der Waals surface area contributed by atoms with Gasteiger partial charge in [-0.15, -0.1) is 11.3 Å². The van der Waals surface area contributed by atoms with Gasteiger partial charge in [-0.25, -0.2) is 4.98 Å². The number of nitrogens with zero attached hydrogens (tertiary/aromatic N) is 1. The van der Waals surface area contributed by atoms with Crippen molar-refractivity contribution in [1.29, 1.82) is 0 Å². The standard InChI is InChI=1S/C18H14ClN3O2S/c1-11(23)12-5-7-14(8-6-12)20-17(24)16-10-25-18(22-16)21-15-4-2-3-13(19)9-15/h2-10H,1H3,(H,20,24)(H,21,22). The highest BCUT2D eigenvalue weighted by molar-refractivity contribution is 7.14. The fraction of sp³-hybridized carbons (Fsp3) is 0.0556. The Hall–Kier alpha value is -2.70. The minimum atomic E-state index is -0.314. The molecular formula is C18H14ClN3O2S. The summed E-state index contributed by atoms with van der Waals surface area (Å²) >= 11 is 7.27. The average Bonchev–Trinajstić information content (AvgIpc) is 3.04. The number of aromatic nitrogens is 1. The molecule has 126 valence electrons. The Morgan fingerprint density at radius 1 is 1.08 bits per heavy atom. The summed E-state index contributed by atoms with van der Waals surface area (Å²) in [5.41, 5.74) is 2.31. The molecule has 1 aromatic heterocycles. The fourth-order valence-corrected chi connectivity index (χ4v) is 3.01. The number of rotatable bonds is 5. The molecule has 3 aromatic rings. The molecule has 0 unspecified atom stereocenters. The smallest absolute Gasteiger partial charge is 0.275 e. The number of benzene rings is 2. The predicted octanol–water partition coefficient (Wildman–Crippen LogP) is 5.00. The van der Waals surface area contributed by atoms with E-state index in [0.29, 0.717) is 27.1 Å². The van der Waals surface area contributed by atoms with Crippen molar-refractivity contribution in [2.45, 2.75) is 6.92 Å². The SMILES string of the molecule is CC(=O)c1ccc(NC(=O)c2csc(Nc3cccc(Cl)c3)n2)cc1. The predicted molar refractivity (Wildman–Crippen MR) is 101 cm³/mol. The Bertz CT molecular complexity index is 922. The lowest BCUT2D eigenvalue weighted by atomic mass is 10.1. The molecule has 7 heteroatoms. The number of amides is 1. The summed E-state index contributed by atoms with van der Waals surface area (Å²) in [4.78, 5) is 27.8. The molecule has 0 aliphatic carbocycles. The molecule has 0 fully saturated rings. The van der Waals surface area contributed by atoms with Gasteiger partial charge in [-0.1, -0.05) is 17.7 Å². The van der Waals surface area contributed by atoms with Gasteiger partial charge in [-0.3, -0.25) is 9.59 Å². The van der Waals surface area contributed by atoms with Crippen molar-refractivity contribution in [3.63, 3.8) is 0 Å². The number of anilines is 3. The fourth-order valence-electron chi connectivity index (χ4n) is 2.11. The molecule has 5 nitrogen and oxygen atoms in total. The number of ketones is 1. The maximum Gasteiger partial charge on any atom is 0.275 e. The second-order valence-corrected chi connectivity index (χ2v) is 6.56. The van der Waals surface area contributed by atoms with Crippen LogP contribution in [0.15, 0.2) is 53.9 Å². The van der Waals surface area contributed by atoms with Gasteiger partial charge in [-0.2, -0.15) is 0 Å².